The van der Waals surface area contributed by atoms with Crippen LogP contribution >= 0.6 is 24.4 Å². The van der Waals surface area contributed by atoms with Gasteiger partial charge in [0.2, 0.25) is 0 Å². The molecule has 0 radical (unpaired) electrons. The number of hydrogen-bond acceptors (Lipinski definition) is 4. The highest BCUT2D eigenvalue weighted by Crippen LogP contribution is 2.17. The van der Waals surface area contributed by atoms with Gasteiger partial charge in [0.25, 0.3) is 0 Å². The van der Waals surface area contributed by atoms with Crippen LogP contribution in [0.2, 0.25) is 0 Å². The number of hydrogen-bond donors (Lipinski definition) is 1. The van der Waals surface area contributed by atoms with Gasteiger partial charge in [-0.1, -0.05) is 18.7 Å². The van der Waals surface area contributed by atoms with Gasteiger partial charge in [0, 0.05) is 12.8 Å². The van der Waals surface area contributed by atoms with Crippen LogP contribution in [0, 0.1) is 5.92 Å². The van der Waals surface area contributed by atoms with E-state index in [0.717, 1.165) is 16.7 Å². The first kappa shape index (κ1) is 9.92. The summed E-state index contributed by atoms with van der Waals surface area (Å²) in [6.07, 6.45) is 1.72. The van der Waals surface area contributed by atoms with Crippen LogP contribution in [-0.4, -0.2) is 26.3 Å². The largest absolute Gasteiger partial charge is 0.312 e. The zero-order valence-corrected chi connectivity index (χ0v) is 8.98. The second-order valence-electron chi connectivity index (χ2n) is 2.82. The van der Waals surface area contributed by atoms with E-state index in [0.29, 0.717) is 5.92 Å². The smallest absolute Gasteiger partial charge is 0.190 e. The van der Waals surface area contributed by atoms with E-state index < -0.39 is 0 Å². The Hall–Kier alpha value is -0.160. The molecular weight excluding hydrogens is 190 g/mol. The molecule has 0 bridgehead atoms. The van der Waals surface area contributed by atoms with Gasteiger partial charge in [-0.05, 0) is 11.7 Å². The Bertz CT molecular complexity index is 236. The fourth-order valence-electron chi connectivity index (χ4n) is 0.673. The van der Waals surface area contributed by atoms with E-state index in [1.165, 1.54) is 0 Å². The van der Waals surface area contributed by atoms with Gasteiger partial charge in [-0.25, -0.2) is 0 Å². The maximum Gasteiger partial charge on any atom is 0.190 e. The third kappa shape index (κ3) is 2.71. The fraction of sp³-hybridized carbons (Fsp3) is 0.714. The van der Waals surface area contributed by atoms with E-state index in [1.54, 1.807) is 18.1 Å². The maximum atomic E-state index is 4.22. The molecule has 68 valence electrons. The monoisotopic (exact) mass is 203 g/mol. The predicted octanol–water partition coefficient (Wildman–Crippen LogP) is 1.47. The lowest BCUT2D eigenvalue weighted by Crippen LogP contribution is -2.00. The molecule has 0 aliphatic rings. The zero-order chi connectivity index (χ0) is 8.97. The van der Waals surface area contributed by atoms with Crippen molar-refractivity contribution in [3.05, 3.63) is 6.33 Å². The quantitative estimate of drug-likeness (QED) is 0.594. The van der Waals surface area contributed by atoms with E-state index >= 15 is 0 Å². The molecule has 12 heavy (non-hydrogen) atoms. The predicted molar refractivity (Wildman–Crippen MR) is 54.7 cm³/mol. The molecule has 1 atom stereocenters. The van der Waals surface area contributed by atoms with Crippen molar-refractivity contribution >= 4 is 24.4 Å². The minimum absolute atomic E-state index is 0.620. The number of thioether (sulfide) groups is 1. The van der Waals surface area contributed by atoms with Crippen molar-refractivity contribution in [2.24, 2.45) is 13.0 Å². The maximum absolute atomic E-state index is 4.22. The highest BCUT2D eigenvalue weighted by atomic mass is 32.2. The molecule has 0 spiro atoms. The van der Waals surface area contributed by atoms with Crippen molar-refractivity contribution < 1.29 is 0 Å². The molecular formula is C7H13N3S2. The normalized spacial score (nSPS) is 13.2. The van der Waals surface area contributed by atoms with Crippen molar-refractivity contribution in [2.45, 2.75) is 12.1 Å². The first-order chi connectivity index (χ1) is 5.74. The average Bonchev–Trinajstić information content (AvgIpc) is 2.47. The zero-order valence-electron chi connectivity index (χ0n) is 7.27. The number of aryl methyl sites for hydroxylation is 1. The van der Waals surface area contributed by atoms with Gasteiger partial charge >= 0.3 is 0 Å². The van der Waals surface area contributed by atoms with Crippen molar-refractivity contribution in [2.75, 3.05) is 11.5 Å². The lowest BCUT2D eigenvalue weighted by molar-refractivity contribution is 0.750. The van der Waals surface area contributed by atoms with Crippen molar-refractivity contribution in [1.82, 2.24) is 14.8 Å². The standard InChI is InChI=1S/C7H13N3S2/c1-6(3-11)4-12-7-9-8-5-10(7)2/h5-6,11H,3-4H2,1-2H3. The first-order valence-corrected chi connectivity index (χ1v) is 5.43. The van der Waals surface area contributed by atoms with Crippen LogP contribution in [0.5, 0.6) is 0 Å². The summed E-state index contributed by atoms with van der Waals surface area (Å²) in [6, 6.07) is 0. The number of nitrogens with zero attached hydrogens (tertiary/aromatic N) is 3. The molecule has 0 fully saturated rings. The molecule has 0 aromatic carbocycles. The molecule has 0 saturated heterocycles. The highest BCUT2D eigenvalue weighted by Gasteiger charge is 2.04. The Balaban J connectivity index is 2.38. The summed E-state index contributed by atoms with van der Waals surface area (Å²) in [5.74, 6) is 2.59. The third-order valence-corrected chi connectivity index (χ3v) is 3.47. The van der Waals surface area contributed by atoms with Gasteiger partial charge in [0.15, 0.2) is 5.16 Å². The fourth-order valence-corrected chi connectivity index (χ4v) is 1.88. The summed E-state index contributed by atoms with van der Waals surface area (Å²) in [7, 11) is 1.95. The molecule has 0 aliphatic carbocycles. The second kappa shape index (κ2) is 4.77. The van der Waals surface area contributed by atoms with Crippen LogP contribution < -0.4 is 0 Å². The summed E-state index contributed by atoms with van der Waals surface area (Å²) >= 11 is 5.94. The topological polar surface area (TPSA) is 30.7 Å². The number of rotatable bonds is 4. The lowest BCUT2D eigenvalue weighted by atomic mass is 10.3. The van der Waals surface area contributed by atoms with Gasteiger partial charge in [0.05, 0.1) is 0 Å². The first-order valence-electron chi connectivity index (χ1n) is 3.81. The Labute approximate surface area is 82.4 Å². The number of aromatic nitrogens is 3. The number of thiol groups is 1. The van der Waals surface area contributed by atoms with Gasteiger partial charge < -0.3 is 4.57 Å². The van der Waals surface area contributed by atoms with Crippen LogP contribution in [-0.2, 0) is 7.05 Å². The summed E-state index contributed by atoms with van der Waals surface area (Å²) < 4.78 is 1.93. The van der Waals surface area contributed by atoms with Crippen molar-refractivity contribution in [3.63, 3.8) is 0 Å². The molecule has 0 amide bonds. The molecule has 5 heteroatoms. The van der Waals surface area contributed by atoms with Gasteiger partial charge in [-0.2, -0.15) is 12.6 Å². The van der Waals surface area contributed by atoms with Crippen LogP contribution in [0.25, 0.3) is 0 Å². The summed E-state index contributed by atoms with van der Waals surface area (Å²) in [6.45, 7) is 2.18. The summed E-state index contributed by atoms with van der Waals surface area (Å²) in [5, 5.41) is 8.75. The molecule has 0 saturated carbocycles. The Kier molecular flexibility index (Phi) is 3.94. The molecule has 1 rings (SSSR count). The third-order valence-electron chi connectivity index (χ3n) is 1.48. The summed E-state index contributed by atoms with van der Waals surface area (Å²) in [4.78, 5) is 0. The Morgan fingerprint density at radius 1 is 1.75 bits per heavy atom. The molecule has 1 aromatic rings. The summed E-state index contributed by atoms with van der Waals surface area (Å²) in [5.41, 5.74) is 0. The van der Waals surface area contributed by atoms with Crippen LogP contribution in [0.1, 0.15) is 6.92 Å². The van der Waals surface area contributed by atoms with E-state index in [2.05, 4.69) is 29.7 Å². The Morgan fingerprint density at radius 2 is 2.50 bits per heavy atom. The van der Waals surface area contributed by atoms with Gasteiger partial charge in [-0.3, -0.25) is 0 Å². The van der Waals surface area contributed by atoms with Crippen LogP contribution in [0.3, 0.4) is 0 Å². The minimum Gasteiger partial charge on any atom is -0.312 e. The average molecular weight is 203 g/mol. The van der Waals surface area contributed by atoms with Crippen molar-refractivity contribution in [1.29, 1.82) is 0 Å². The van der Waals surface area contributed by atoms with E-state index in [-0.39, 0.29) is 0 Å². The van der Waals surface area contributed by atoms with Crippen molar-refractivity contribution in [3.8, 4) is 0 Å². The molecule has 0 aliphatic heterocycles. The molecule has 3 nitrogen and oxygen atoms in total. The van der Waals surface area contributed by atoms with Crippen LogP contribution in [0.15, 0.2) is 11.5 Å². The lowest BCUT2D eigenvalue weighted by Gasteiger charge is -2.05. The van der Waals surface area contributed by atoms with Crippen LogP contribution in [0.4, 0.5) is 0 Å². The van der Waals surface area contributed by atoms with Gasteiger partial charge in [-0.15, -0.1) is 10.2 Å². The van der Waals surface area contributed by atoms with Gasteiger partial charge in [0.1, 0.15) is 6.33 Å². The van der Waals surface area contributed by atoms with E-state index in [9.17, 15) is 0 Å². The minimum atomic E-state index is 0.620. The van der Waals surface area contributed by atoms with E-state index in [4.69, 9.17) is 0 Å². The molecule has 1 aromatic heterocycles. The molecule has 1 unspecified atom stereocenters. The SMILES string of the molecule is CC(CS)CSc1nncn1C. The molecule has 1 heterocycles. The van der Waals surface area contributed by atoms with E-state index in [1.807, 2.05) is 11.6 Å². The molecule has 0 N–H and O–H groups in total. The Morgan fingerprint density at radius 3 is 3.00 bits per heavy atom. The highest BCUT2D eigenvalue weighted by molar-refractivity contribution is 7.99. The second-order valence-corrected chi connectivity index (χ2v) is 4.18.